The Balaban J connectivity index is 3.10. The van der Waals surface area contributed by atoms with Gasteiger partial charge in [0.1, 0.15) is 17.6 Å². The summed E-state index contributed by atoms with van der Waals surface area (Å²) in [5, 5.41) is 22.3. The normalized spacial score (nSPS) is 12.0. The summed E-state index contributed by atoms with van der Waals surface area (Å²) in [5.41, 5.74) is -0.853. The van der Waals surface area contributed by atoms with Crippen molar-refractivity contribution in [2.24, 2.45) is 0 Å². The predicted molar refractivity (Wildman–Crippen MR) is 75.3 cm³/mol. The van der Waals surface area contributed by atoms with Crippen LogP contribution in [0.2, 0.25) is 0 Å². The van der Waals surface area contributed by atoms with Gasteiger partial charge in [0.2, 0.25) is 0 Å². The molecule has 9 nitrogen and oxygen atoms in total. The van der Waals surface area contributed by atoms with Gasteiger partial charge in [-0.2, -0.15) is 0 Å². The summed E-state index contributed by atoms with van der Waals surface area (Å²) in [6.45, 7) is 2.86. The molecule has 1 aromatic rings. The third-order valence-electron chi connectivity index (χ3n) is 3.00. The van der Waals surface area contributed by atoms with E-state index in [1.807, 2.05) is 0 Å². The molecule has 1 heterocycles. The van der Waals surface area contributed by atoms with Crippen LogP contribution >= 0.6 is 0 Å². The van der Waals surface area contributed by atoms with Crippen LogP contribution in [-0.2, 0) is 9.84 Å². The minimum Gasteiger partial charge on any atom is -0.478 e. The summed E-state index contributed by atoms with van der Waals surface area (Å²) in [6, 6.07) is 0.866. The van der Waals surface area contributed by atoms with E-state index < -0.39 is 36.7 Å². The maximum Gasteiger partial charge on any atom is 0.339 e. The van der Waals surface area contributed by atoms with Crippen molar-refractivity contribution in [3.63, 3.8) is 0 Å². The van der Waals surface area contributed by atoms with Gasteiger partial charge in [0.25, 0.3) is 5.69 Å². The summed E-state index contributed by atoms with van der Waals surface area (Å²) in [7, 11) is -3.37. The first-order chi connectivity index (χ1) is 9.45. The van der Waals surface area contributed by atoms with E-state index in [0.717, 1.165) is 18.5 Å². The third kappa shape index (κ3) is 3.88. The monoisotopic (exact) mass is 317 g/mol. The molecule has 2 N–H and O–H groups in total. The number of hydrogen-bond acceptors (Lipinski definition) is 7. The van der Waals surface area contributed by atoms with Gasteiger partial charge in [-0.3, -0.25) is 10.1 Å². The Kier molecular flexibility index (Phi) is 4.52. The van der Waals surface area contributed by atoms with Crippen LogP contribution in [0.4, 0.5) is 11.5 Å². The lowest BCUT2D eigenvalue weighted by Crippen LogP contribution is -2.38. The smallest absolute Gasteiger partial charge is 0.339 e. The van der Waals surface area contributed by atoms with Gasteiger partial charge in [-0.25, -0.2) is 18.2 Å². The number of aromatic carboxylic acids is 1. The van der Waals surface area contributed by atoms with E-state index in [1.165, 1.54) is 13.8 Å². The van der Waals surface area contributed by atoms with Crippen molar-refractivity contribution >= 4 is 27.3 Å². The number of rotatable bonds is 6. The van der Waals surface area contributed by atoms with Crippen LogP contribution in [-0.4, -0.2) is 46.9 Å². The average molecular weight is 317 g/mol. The zero-order valence-electron chi connectivity index (χ0n) is 11.7. The molecule has 0 unspecified atom stereocenters. The summed E-state index contributed by atoms with van der Waals surface area (Å²) in [6.07, 6.45) is 1.97. The van der Waals surface area contributed by atoms with Crippen LogP contribution in [0.15, 0.2) is 12.3 Å². The lowest BCUT2D eigenvalue weighted by Gasteiger charge is -2.23. The molecule has 0 amide bonds. The average Bonchev–Trinajstić information content (AvgIpc) is 2.34. The van der Waals surface area contributed by atoms with Crippen molar-refractivity contribution in [1.29, 1.82) is 0 Å². The number of nitrogens with zero attached hydrogens (tertiary/aromatic N) is 2. The molecule has 0 saturated heterocycles. The van der Waals surface area contributed by atoms with Gasteiger partial charge in [-0.15, -0.1) is 0 Å². The number of carbonyl (C=O) groups is 1. The fourth-order valence-electron chi connectivity index (χ4n) is 1.29. The number of nitrogens with one attached hydrogen (secondary N) is 1. The maximum absolute atomic E-state index is 11.6. The fourth-order valence-corrected chi connectivity index (χ4v) is 1.62. The maximum atomic E-state index is 11.6. The highest BCUT2D eigenvalue weighted by Gasteiger charge is 2.30. The van der Waals surface area contributed by atoms with Crippen molar-refractivity contribution in [2.75, 3.05) is 18.1 Å². The lowest BCUT2D eigenvalue weighted by molar-refractivity contribution is -0.385. The summed E-state index contributed by atoms with van der Waals surface area (Å²) in [4.78, 5) is 24.6. The molecule has 0 spiro atoms. The summed E-state index contributed by atoms with van der Waals surface area (Å²) < 4.78 is 22.0. The predicted octanol–water partition coefficient (Wildman–Crippen LogP) is 0.923. The largest absolute Gasteiger partial charge is 0.478 e. The van der Waals surface area contributed by atoms with Crippen LogP contribution in [0.1, 0.15) is 24.2 Å². The zero-order valence-corrected chi connectivity index (χ0v) is 12.5. The lowest BCUT2D eigenvalue weighted by atomic mass is 10.2. The number of sulfone groups is 1. The SMILES string of the molecule is CC(C)(CNc1ncc([N+](=O)[O-])cc1C(=O)O)S(C)(=O)=O. The van der Waals surface area contributed by atoms with E-state index in [1.54, 1.807) is 0 Å². The fraction of sp³-hybridized carbons (Fsp3) is 0.455. The number of hydrogen-bond donors (Lipinski definition) is 2. The van der Waals surface area contributed by atoms with E-state index in [0.29, 0.717) is 0 Å². The molecule has 21 heavy (non-hydrogen) atoms. The van der Waals surface area contributed by atoms with Crippen LogP contribution in [0.25, 0.3) is 0 Å². The van der Waals surface area contributed by atoms with Crippen LogP contribution < -0.4 is 5.32 Å². The number of carboxylic acid groups (broad SMARTS) is 1. The molecule has 0 aliphatic rings. The molecule has 0 fully saturated rings. The third-order valence-corrected chi connectivity index (χ3v) is 5.15. The molecule has 0 aliphatic carbocycles. The van der Waals surface area contributed by atoms with Gasteiger partial charge < -0.3 is 10.4 Å². The van der Waals surface area contributed by atoms with Crippen LogP contribution in [0, 0.1) is 10.1 Å². The van der Waals surface area contributed by atoms with Gasteiger partial charge in [0.05, 0.1) is 9.67 Å². The van der Waals surface area contributed by atoms with Gasteiger partial charge in [-0.05, 0) is 13.8 Å². The Bertz CT molecular complexity index is 683. The minimum absolute atomic E-state index is 0.0864. The van der Waals surface area contributed by atoms with Crippen molar-refractivity contribution in [2.45, 2.75) is 18.6 Å². The number of aromatic nitrogens is 1. The Morgan fingerprint density at radius 2 is 2.10 bits per heavy atom. The van der Waals surface area contributed by atoms with Crippen molar-refractivity contribution in [3.8, 4) is 0 Å². The Hall–Kier alpha value is -2.23. The summed E-state index contributed by atoms with van der Waals surface area (Å²) in [5.74, 6) is -1.52. The van der Waals surface area contributed by atoms with Crippen molar-refractivity contribution < 1.29 is 23.2 Å². The van der Waals surface area contributed by atoms with Crippen LogP contribution in [0.5, 0.6) is 0 Å². The minimum atomic E-state index is -3.37. The first-order valence-electron chi connectivity index (χ1n) is 5.77. The molecule has 0 aliphatic heterocycles. The molecule has 1 rings (SSSR count). The van der Waals surface area contributed by atoms with Gasteiger partial charge >= 0.3 is 5.97 Å². The number of pyridine rings is 1. The quantitative estimate of drug-likeness (QED) is 0.583. The molecule has 0 aromatic carbocycles. The first-order valence-corrected chi connectivity index (χ1v) is 7.66. The van der Waals surface area contributed by atoms with Gasteiger partial charge in [-0.1, -0.05) is 0 Å². The van der Waals surface area contributed by atoms with Crippen molar-refractivity contribution in [1.82, 2.24) is 4.98 Å². The Morgan fingerprint density at radius 3 is 2.52 bits per heavy atom. The topological polar surface area (TPSA) is 140 Å². The van der Waals surface area contributed by atoms with E-state index in [2.05, 4.69) is 10.3 Å². The molecule has 0 radical (unpaired) electrons. The van der Waals surface area contributed by atoms with E-state index >= 15 is 0 Å². The van der Waals surface area contributed by atoms with Crippen LogP contribution in [0.3, 0.4) is 0 Å². The molecule has 1 aromatic heterocycles. The zero-order chi connectivity index (χ0) is 16.4. The van der Waals surface area contributed by atoms with Gasteiger partial charge in [0, 0.05) is 18.9 Å². The number of anilines is 1. The molecular formula is C11H15N3O6S. The molecule has 10 heteroatoms. The highest BCUT2D eigenvalue weighted by atomic mass is 32.2. The van der Waals surface area contributed by atoms with E-state index in [-0.39, 0.29) is 12.4 Å². The second-order valence-electron chi connectivity index (χ2n) is 5.04. The standard InChI is InChI=1S/C11H15N3O6S/c1-11(2,21(3,19)20)6-13-9-8(10(15)16)4-7(5-12-9)14(17)18/h4-5H,6H2,1-3H3,(H,12,13)(H,15,16). The number of carboxylic acids is 1. The summed E-state index contributed by atoms with van der Waals surface area (Å²) >= 11 is 0. The molecule has 116 valence electrons. The molecular weight excluding hydrogens is 302 g/mol. The molecule has 0 bridgehead atoms. The first kappa shape index (κ1) is 16.8. The van der Waals surface area contributed by atoms with Crippen molar-refractivity contribution in [3.05, 3.63) is 27.9 Å². The highest BCUT2D eigenvalue weighted by Crippen LogP contribution is 2.21. The van der Waals surface area contributed by atoms with E-state index in [4.69, 9.17) is 5.11 Å². The highest BCUT2D eigenvalue weighted by molar-refractivity contribution is 7.92. The second kappa shape index (κ2) is 5.64. The Labute approximate surface area is 121 Å². The second-order valence-corrected chi connectivity index (χ2v) is 7.69. The van der Waals surface area contributed by atoms with E-state index in [9.17, 15) is 23.3 Å². The molecule has 0 saturated carbocycles. The Morgan fingerprint density at radius 1 is 1.52 bits per heavy atom. The van der Waals surface area contributed by atoms with Gasteiger partial charge in [0.15, 0.2) is 9.84 Å². The molecule has 0 atom stereocenters. The number of nitro groups is 1.